The van der Waals surface area contributed by atoms with Crippen molar-refractivity contribution in [1.29, 1.82) is 0 Å². The second-order valence-corrected chi connectivity index (χ2v) is 9.50. The number of nitrogens with one attached hydrogen (secondary N) is 1. The van der Waals surface area contributed by atoms with Gasteiger partial charge in [-0.1, -0.05) is 49.2 Å². The van der Waals surface area contributed by atoms with Crippen LogP contribution < -0.4 is 5.32 Å². The number of aromatic hydroxyl groups is 1. The summed E-state index contributed by atoms with van der Waals surface area (Å²) in [5.41, 5.74) is 2.11. The van der Waals surface area contributed by atoms with Gasteiger partial charge in [-0.25, -0.2) is 4.57 Å². The summed E-state index contributed by atoms with van der Waals surface area (Å²) in [4.78, 5) is 18.4. The first-order valence-electron chi connectivity index (χ1n) is 11.9. The number of benzene rings is 2. The Labute approximate surface area is 202 Å². The van der Waals surface area contributed by atoms with Gasteiger partial charge >= 0.3 is 7.82 Å². The molecule has 1 atom stereocenters. The summed E-state index contributed by atoms with van der Waals surface area (Å²) < 4.78 is 22.0. The lowest BCUT2D eigenvalue weighted by atomic mass is 10.1. The molecule has 0 spiro atoms. The molecule has 190 valence electrons. The predicted molar refractivity (Wildman–Crippen MR) is 131 cm³/mol. The second kappa shape index (κ2) is 16.0. The third-order valence-electron chi connectivity index (χ3n) is 5.48. The standard InChI is InChI=1S/C25H38NO7P/c27-20-23-18-22(13-14-24(23)28)25(33-34(29,30)31)19-26-15-7-1-2-8-16-32-17-9-6-12-21-10-4-3-5-11-21/h3-5,10-11,13-14,18,25-28H,1-2,6-9,12,15-17,19-20H2,(H2,29,30,31). The Morgan fingerprint density at radius 3 is 2.32 bits per heavy atom. The van der Waals surface area contributed by atoms with E-state index in [-0.39, 0.29) is 24.5 Å². The van der Waals surface area contributed by atoms with Gasteiger partial charge in [-0.3, -0.25) is 4.52 Å². The zero-order valence-corrected chi connectivity index (χ0v) is 20.5. The van der Waals surface area contributed by atoms with Crippen LogP contribution in [0.25, 0.3) is 0 Å². The lowest BCUT2D eigenvalue weighted by Crippen LogP contribution is -2.24. The highest BCUT2D eigenvalue weighted by atomic mass is 31.2. The third-order valence-corrected chi connectivity index (χ3v) is 6.01. The highest BCUT2D eigenvalue weighted by Crippen LogP contribution is 2.42. The van der Waals surface area contributed by atoms with E-state index in [2.05, 4.69) is 29.6 Å². The molecule has 1 unspecified atom stereocenters. The summed E-state index contributed by atoms with van der Waals surface area (Å²) in [5, 5.41) is 22.2. The molecular weight excluding hydrogens is 457 g/mol. The fourth-order valence-electron chi connectivity index (χ4n) is 3.63. The van der Waals surface area contributed by atoms with Crippen molar-refractivity contribution in [3.8, 4) is 5.75 Å². The molecule has 2 aromatic rings. The molecule has 0 fully saturated rings. The monoisotopic (exact) mass is 495 g/mol. The molecule has 0 aliphatic rings. The second-order valence-electron chi connectivity index (χ2n) is 8.30. The number of hydrogen-bond donors (Lipinski definition) is 5. The largest absolute Gasteiger partial charge is 0.508 e. The van der Waals surface area contributed by atoms with Crippen LogP contribution in [0.5, 0.6) is 5.75 Å². The molecule has 0 bridgehead atoms. The lowest BCUT2D eigenvalue weighted by molar-refractivity contribution is 0.126. The van der Waals surface area contributed by atoms with Crippen LogP contribution in [0.2, 0.25) is 0 Å². The van der Waals surface area contributed by atoms with E-state index in [4.69, 9.17) is 9.26 Å². The number of phosphoric acid groups is 1. The normalized spacial score (nSPS) is 12.7. The van der Waals surface area contributed by atoms with Gasteiger partial charge in [0, 0.05) is 25.3 Å². The maximum Gasteiger partial charge on any atom is 0.470 e. The summed E-state index contributed by atoms with van der Waals surface area (Å²) >= 11 is 0. The van der Waals surface area contributed by atoms with Gasteiger partial charge in [-0.2, -0.15) is 0 Å². The molecule has 0 saturated heterocycles. The van der Waals surface area contributed by atoms with E-state index in [1.165, 1.54) is 23.8 Å². The van der Waals surface area contributed by atoms with Gasteiger partial charge in [-0.05, 0) is 61.9 Å². The van der Waals surface area contributed by atoms with Crippen LogP contribution in [-0.4, -0.2) is 46.3 Å². The van der Waals surface area contributed by atoms with Crippen molar-refractivity contribution in [1.82, 2.24) is 5.32 Å². The molecule has 0 aliphatic carbocycles. The average Bonchev–Trinajstić information content (AvgIpc) is 2.81. The number of phenols is 1. The molecule has 0 aliphatic heterocycles. The predicted octanol–water partition coefficient (Wildman–Crippen LogP) is 4.22. The Kier molecular flexibility index (Phi) is 13.4. The van der Waals surface area contributed by atoms with Gasteiger partial charge in [0.25, 0.3) is 0 Å². The topological polar surface area (TPSA) is 128 Å². The van der Waals surface area contributed by atoms with Crippen molar-refractivity contribution in [2.75, 3.05) is 26.3 Å². The SMILES string of the molecule is O=P(O)(O)OC(CNCCCCCCOCCCCc1ccccc1)c1ccc(O)c(CO)c1. The molecule has 0 aromatic heterocycles. The summed E-state index contributed by atoms with van der Waals surface area (Å²) in [6, 6.07) is 14.9. The Hall–Kier alpha value is -1.77. The number of aryl methyl sites for hydroxylation is 1. The van der Waals surface area contributed by atoms with Crippen molar-refractivity contribution in [3.05, 3.63) is 65.2 Å². The molecule has 5 N–H and O–H groups in total. The van der Waals surface area contributed by atoms with Crippen molar-refractivity contribution < 1.29 is 33.8 Å². The highest BCUT2D eigenvalue weighted by Gasteiger charge is 2.24. The van der Waals surface area contributed by atoms with E-state index in [0.29, 0.717) is 12.1 Å². The van der Waals surface area contributed by atoms with Gasteiger partial charge in [0.1, 0.15) is 11.9 Å². The number of rotatable bonds is 18. The molecule has 34 heavy (non-hydrogen) atoms. The quantitative estimate of drug-likeness (QED) is 0.154. The van der Waals surface area contributed by atoms with E-state index in [9.17, 15) is 24.6 Å². The molecule has 0 amide bonds. The van der Waals surface area contributed by atoms with Crippen molar-refractivity contribution >= 4 is 7.82 Å². The Balaban J connectivity index is 1.54. The van der Waals surface area contributed by atoms with Crippen molar-refractivity contribution in [2.45, 2.75) is 57.7 Å². The fraction of sp³-hybridized carbons (Fsp3) is 0.520. The summed E-state index contributed by atoms with van der Waals surface area (Å²) in [6.07, 6.45) is 6.42. The summed E-state index contributed by atoms with van der Waals surface area (Å²) in [5.74, 6) is -0.0784. The molecule has 2 aromatic carbocycles. The number of aliphatic hydroxyl groups excluding tert-OH is 1. The van der Waals surface area contributed by atoms with E-state index >= 15 is 0 Å². The van der Waals surface area contributed by atoms with Crippen LogP contribution in [0.15, 0.2) is 48.5 Å². The van der Waals surface area contributed by atoms with Gasteiger partial charge in [0.2, 0.25) is 0 Å². The van der Waals surface area contributed by atoms with Gasteiger partial charge < -0.3 is 30.1 Å². The summed E-state index contributed by atoms with van der Waals surface area (Å²) in [6.45, 7) is 2.07. The molecule has 0 saturated carbocycles. The van der Waals surface area contributed by atoms with Crippen LogP contribution in [0, 0.1) is 0 Å². The van der Waals surface area contributed by atoms with E-state index in [0.717, 1.165) is 58.2 Å². The zero-order chi connectivity index (χ0) is 24.7. The molecule has 2 rings (SSSR count). The number of phosphoric ester groups is 1. The smallest absolute Gasteiger partial charge is 0.470 e. The number of ether oxygens (including phenoxy) is 1. The van der Waals surface area contributed by atoms with Crippen LogP contribution in [-0.2, 0) is 26.9 Å². The first-order valence-corrected chi connectivity index (χ1v) is 13.4. The number of hydrogen-bond acceptors (Lipinski definition) is 6. The minimum Gasteiger partial charge on any atom is -0.508 e. The lowest BCUT2D eigenvalue weighted by Gasteiger charge is -2.20. The van der Waals surface area contributed by atoms with Gasteiger partial charge in [-0.15, -0.1) is 0 Å². The Morgan fingerprint density at radius 1 is 0.912 bits per heavy atom. The average molecular weight is 496 g/mol. The number of aliphatic hydroxyl groups is 1. The van der Waals surface area contributed by atoms with Crippen molar-refractivity contribution in [2.24, 2.45) is 0 Å². The van der Waals surface area contributed by atoms with Crippen LogP contribution in [0.3, 0.4) is 0 Å². The molecule has 8 nitrogen and oxygen atoms in total. The minimum absolute atomic E-state index is 0.0784. The first-order chi connectivity index (χ1) is 16.4. The highest BCUT2D eigenvalue weighted by molar-refractivity contribution is 7.46. The van der Waals surface area contributed by atoms with Gasteiger partial charge in [0.05, 0.1) is 6.61 Å². The first kappa shape index (κ1) is 28.5. The molecule has 0 radical (unpaired) electrons. The molecule has 0 heterocycles. The molecular formula is C25H38NO7P. The van der Waals surface area contributed by atoms with E-state index in [1.807, 2.05) is 6.07 Å². The summed E-state index contributed by atoms with van der Waals surface area (Å²) in [7, 11) is -4.70. The van der Waals surface area contributed by atoms with E-state index < -0.39 is 13.9 Å². The zero-order valence-electron chi connectivity index (χ0n) is 19.6. The van der Waals surface area contributed by atoms with Crippen LogP contribution >= 0.6 is 7.82 Å². The number of unbranched alkanes of at least 4 members (excludes halogenated alkanes) is 4. The third kappa shape index (κ3) is 12.1. The van der Waals surface area contributed by atoms with Crippen LogP contribution in [0.1, 0.15) is 61.3 Å². The van der Waals surface area contributed by atoms with Gasteiger partial charge in [0.15, 0.2) is 0 Å². The fourth-order valence-corrected chi connectivity index (χ4v) is 4.16. The maximum atomic E-state index is 11.4. The molecule has 9 heteroatoms. The minimum atomic E-state index is -4.70. The maximum absolute atomic E-state index is 11.4. The van der Waals surface area contributed by atoms with E-state index in [1.54, 1.807) is 0 Å². The van der Waals surface area contributed by atoms with Crippen molar-refractivity contribution in [3.63, 3.8) is 0 Å². The Morgan fingerprint density at radius 2 is 1.62 bits per heavy atom. The Bertz CT molecular complexity index is 860. The van der Waals surface area contributed by atoms with Crippen LogP contribution in [0.4, 0.5) is 0 Å².